The number of aromatic nitrogens is 2. The number of thiazole rings is 1. The molecule has 3 aliphatic rings. The number of allylic oxidation sites excluding steroid dienone is 1. The number of pyridine rings is 1. The number of benzene rings is 2. The molecule has 2 saturated carbocycles. The first-order valence-electron chi connectivity index (χ1n) is 22.1. The largest absolute Gasteiger partial charge is 0.573 e. The van der Waals surface area contributed by atoms with E-state index in [1.165, 1.54) is 35.3 Å². The summed E-state index contributed by atoms with van der Waals surface area (Å²) in [5, 5.41) is 9.12. The zero-order valence-corrected chi connectivity index (χ0v) is 39.7. The number of nitrogens with one attached hydrogen (secondary N) is 3. The Morgan fingerprint density at radius 1 is 1.09 bits per heavy atom. The molecule has 2 aromatic carbocycles. The molecule has 0 unspecified atom stereocenters. The van der Waals surface area contributed by atoms with Gasteiger partial charge >= 0.3 is 6.36 Å². The lowest BCUT2D eigenvalue weighted by Crippen LogP contribution is -2.57. The monoisotopic (exact) mass is 964 g/mol. The van der Waals surface area contributed by atoms with Crippen LogP contribution in [0.1, 0.15) is 95.7 Å². The maximum Gasteiger partial charge on any atom is 0.573 e. The van der Waals surface area contributed by atoms with Gasteiger partial charge in [0, 0.05) is 52.6 Å². The second kappa shape index (κ2) is 19.4. The van der Waals surface area contributed by atoms with Crippen LogP contribution in [0.5, 0.6) is 17.2 Å². The van der Waals surface area contributed by atoms with Crippen LogP contribution in [0, 0.1) is 6.92 Å². The van der Waals surface area contributed by atoms with Gasteiger partial charge < -0.3 is 29.7 Å². The fraction of sp³-hybridized carbons (Fsp3) is 0.458. The lowest BCUT2D eigenvalue weighted by Gasteiger charge is -2.30. The van der Waals surface area contributed by atoms with Gasteiger partial charge in [-0.15, -0.1) is 36.8 Å². The lowest BCUT2D eigenvalue weighted by atomic mass is 10.0. The maximum atomic E-state index is 15.0. The van der Waals surface area contributed by atoms with E-state index >= 15 is 4.79 Å². The smallest absolute Gasteiger partial charge is 0.496 e. The van der Waals surface area contributed by atoms with E-state index in [1.807, 2.05) is 32.2 Å². The second-order valence-electron chi connectivity index (χ2n) is 17.8. The number of fused-ring (bicyclic) bond motifs is 1. The maximum absolute atomic E-state index is 15.0. The minimum absolute atomic E-state index is 0.0595. The molecular weight excluding hydrogens is 910 g/mol. The summed E-state index contributed by atoms with van der Waals surface area (Å²) in [6.07, 6.45) is -0.379. The molecule has 4 atom stereocenters. The summed E-state index contributed by atoms with van der Waals surface area (Å²) in [4.78, 5) is 54.8. The minimum Gasteiger partial charge on any atom is -0.496 e. The first kappa shape index (κ1) is 49.0. The average Bonchev–Trinajstić information content (AvgIpc) is 4.06. The summed E-state index contributed by atoms with van der Waals surface area (Å²) >= 11 is 1.43. The number of carbonyl (C=O) groups is 3. The summed E-state index contributed by atoms with van der Waals surface area (Å²) in [5.74, 6) is -1.60. The Balaban J connectivity index is 1.25. The topological polar surface area (TPSA) is 178 Å². The Morgan fingerprint density at radius 3 is 2.49 bits per heavy atom. The number of methoxy groups -OCH3 is 1. The number of sulfonamides is 1. The zero-order chi connectivity index (χ0) is 48.5. The van der Waals surface area contributed by atoms with Crippen molar-refractivity contribution in [1.29, 1.82) is 0 Å². The number of hydrogen-bond acceptors (Lipinski definition) is 12. The van der Waals surface area contributed by atoms with Crippen LogP contribution >= 0.6 is 11.3 Å². The van der Waals surface area contributed by atoms with Gasteiger partial charge in [0.05, 0.1) is 29.6 Å². The van der Waals surface area contributed by atoms with Crippen molar-refractivity contribution in [2.75, 3.05) is 19.0 Å². The predicted molar refractivity (Wildman–Crippen MR) is 249 cm³/mol. The van der Waals surface area contributed by atoms with E-state index < -0.39 is 68.3 Å². The highest BCUT2D eigenvalue weighted by atomic mass is 32.2. The Kier molecular flexibility index (Phi) is 14.2. The summed E-state index contributed by atoms with van der Waals surface area (Å²) in [7, 11) is -2.54. The first-order chi connectivity index (χ1) is 31.7. The summed E-state index contributed by atoms with van der Waals surface area (Å²) in [5.41, 5.74) is 4.07. The van der Waals surface area contributed by atoms with Gasteiger partial charge in [-0.2, -0.15) is 0 Å². The fourth-order valence-corrected chi connectivity index (χ4v) is 10.4. The molecule has 1 saturated heterocycles. The molecule has 2 aliphatic carbocycles. The average molecular weight is 965 g/mol. The molecule has 3 amide bonds. The lowest BCUT2D eigenvalue weighted by molar-refractivity contribution is -0.274. The van der Waals surface area contributed by atoms with E-state index in [0.29, 0.717) is 58.8 Å². The van der Waals surface area contributed by atoms with Crippen LogP contribution in [0.4, 0.5) is 18.9 Å². The fourth-order valence-electron chi connectivity index (χ4n) is 8.19. The van der Waals surface area contributed by atoms with E-state index in [0.717, 1.165) is 36.2 Å². The van der Waals surface area contributed by atoms with Crippen LogP contribution in [0.15, 0.2) is 78.4 Å². The third-order valence-electron chi connectivity index (χ3n) is 12.5. The van der Waals surface area contributed by atoms with Crippen molar-refractivity contribution in [3.8, 4) is 28.0 Å². The molecule has 3 N–H and O–H groups in total. The van der Waals surface area contributed by atoms with Crippen molar-refractivity contribution >= 4 is 55.7 Å². The van der Waals surface area contributed by atoms with Crippen LogP contribution in [0.2, 0.25) is 0 Å². The van der Waals surface area contributed by atoms with Gasteiger partial charge in [-0.25, -0.2) is 18.4 Å². The van der Waals surface area contributed by atoms with Crippen molar-refractivity contribution < 1.29 is 50.2 Å². The van der Waals surface area contributed by atoms with Crippen LogP contribution in [-0.4, -0.2) is 89.5 Å². The number of halogens is 3. The highest BCUT2D eigenvalue weighted by Gasteiger charge is 2.61. The molecule has 4 aromatic rings. The number of carbonyl (C=O) groups excluding carboxylic acids is 3. The van der Waals surface area contributed by atoms with E-state index in [1.54, 1.807) is 25.3 Å². The molecule has 3 fully saturated rings. The number of hydrogen-bond donors (Lipinski definition) is 3. The number of unbranched alkanes of at least 4 members (excludes halogenated alkanes) is 3. The molecule has 0 bridgehead atoms. The highest BCUT2D eigenvalue weighted by Crippen LogP contribution is 2.46. The molecule has 2 aromatic heterocycles. The molecule has 67 heavy (non-hydrogen) atoms. The van der Waals surface area contributed by atoms with Crippen LogP contribution in [0.3, 0.4) is 0 Å². The van der Waals surface area contributed by atoms with Gasteiger partial charge in [-0.1, -0.05) is 45.4 Å². The summed E-state index contributed by atoms with van der Waals surface area (Å²) in [6.45, 7) is 14.8. The standard InChI is InChI=1S/C48H55F3N6O8S2/c1-8-10-11-12-13-17-35(52-31-15-14-16-32(22-31)65-48(49,50)51)44(59)57-26-33(23-38(57)42(58)55-47(25-30(47)9-2)45(60)56-67(61,62)46(6)20-21-46)64-40-24-36(43-54-37(27-66-43)28(3)4)53-41-29(5)39(63-7)19-18-34(40)41/h8,14-16,18-19,22,24,27-28,33,35,38,52H,1-2,10-13,17,20-21,23,25-26H2,3-7H3,(H,55,58)(H,56,60)/t33-,35+,38+,47-/m1/s1. The first-order valence-corrected chi connectivity index (χ1v) is 24.5. The molecule has 3 heterocycles. The second-order valence-corrected chi connectivity index (χ2v) is 20.9. The highest BCUT2D eigenvalue weighted by molar-refractivity contribution is 7.91. The number of anilines is 1. The molecule has 1 aliphatic heterocycles. The molecule has 7 rings (SSSR count). The number of nitrogens with zero attached hydrogens (tertiary/aromatic N) is 3. The molecular formula is C48H55F3N6O8S2. The van der Waals surface area contributed by atoms with Gasteiger partial charge in [0.2, 0.25) is 21.8 Å². The van der Waals surface area contributed by atoms with Crippen molar-refractivity contribution in [1.82, 2.24) is 24.9 Å². The van der Waals surface area contributed by atoms with Crippen molar-refractivity contribution in [2.24, 2.45) is 0 Å². The van der Waals surface area contributed by atoms with E-state index in [-0.39, 0.29) is 43.0 Å². The predicted octanol–water partition coefficient (Wildman–Crippen LogP) is 8.63. The molecule has 14 nitrogen and oxygen atoms in total. The van der Waals surface area contributed by atoms with Gasteiger partial charge in [-0.05, 0) is 76.1 Å². The van der Waals surface area contributed by atoms with Gasteiger partial charge in [0.1, 0.15) is 46.1 Å². The number of amides is 3. The third kappa shape index (κ3) is 10.8. The third-order valence-corrected chi connectivity index (χ3v) is 15.6. The summed E-state index contributed by atoms with van der Waals surface area (Å²) in [6, 6.07) is 8.21. The molecule has 358 valence electrons. The summed E-state index contributed by atoms with van der Waals surface area (Å²) < 4.78 is 83.8. The van der Waals surface area contributed by atoms with Crippen molar-refractivity contribution in [3.05, 3.63) is 89.6 Å². The zero-order valence-electron chi connectivity index (χ0n) is 38.0. The van der Waals surface area contributed by atoms with Crippen LogP contribution in [-0.2, 0) is 24.4 Å². The van der Waals surface area contributed by atoms with Crippen LogP contribution in [0.25, 0.3) is 21.6 Å². The number of likely N-dealkylation sites (tertiary alicyclic amines) is 1. The van der Waals surface area contributed by atoms with Crippen molar-refractivity contribution in [3.63, 3.8) is 0 Å². The number of rotatable bonds is 20. The molecule has 0 radical (unpaired) electrons. The molecule has 0 spiro atoms. The normalized spacial score (nSPS) is 20.2. The van der Waals surface area contributed by atoms with Crippen LogP contribution < -0.4 is 29.6 Å². The molecule has 19 heteroatoms. The Bertz CT molecular complexity index is 2730. The number of ether oxygens (including phenoxy) is 3. The van der Waals surface area contributed by atoms with E-state index in [4.69, 9.17) is 19.4 Å². The Morgan fingerprint density at radius 2 is 1.85 bits per heavy atom. The Hall–Kier alpha value is -5.91. The van der Waals surface area contributed by atoms with E-state index in [9.17, 15) is 31.2 Å². The van der Waals surface area contributed by atoms with Gasteiger partial charge in [-0.3, -0.25) is 19.1 Å². The number of alkyl halides is 3. The van der Waals surface area contributed by atoms with E-state index in [2.05, 4.69) is 39.0 Å². The van der Waals surface area contributed by atoms with Gasteiger partial charge in [0.25, 0.3) is 5.91 Å². The SMILES string of the molecule is C=C=C1C[C@]1(NC(=O)[C@@H]1C[C@@H](Oc2cc(-c3nc(C(C)C)cs3)nc3c(C)c(OC)ccc23)CN1C(=O)[C@H](CCCCCC=C)Nc1cccc(OC(F)(F)F)c1)C(=O)NS(=O)(=O)C1(C)CC1. The Labute approximate surface area is 392 Å². The minimum atomic E-state index is -4.95. The van der Waals surface area contributed by atoms with Gasteiger partial charge in [0.15, 0.2) is 5.54 Å². The quantitative estimate of drug-likeness (QED) is 0.0439. The van der Waals surface area contributed by atoms with Crippen molar-refractivity contribution in [2.45, 2.75) is 126 Å². The number of aryl methyl sites for hydroxylation is 1.